The lowest BCUT2D eigenvalue weighted by atomic mass is 10.2. The molecular weight excluding hydrogens is 214 g/mol. The second-order valence-corrected chi connectivity index (χ2v) is 4.78. The Labute approximate surface area is 102 Å². The minimum atomic E-state index is -0.100. The smallest absolute Gasteiger partial charge is 0.122 e. The Bertz CT molecular complexity index is 403. The molecule has 5 heteroatoms. The Balaban J connectivity index is 1.91. The molecule has 92 valence electrons. The number of rotatable bonds is 4. The summed E-state index contributed by atoms with van der Waals surface area (Å²) in [6.07, 6.45) is 3.85. The molecule has 1 aliphatic heterocycles. The van der Waals surface area contributed by atoms with Crippen molar-refractivity contribution < 1.29 is 0 Å². The quantitative estimate of drug-likeness (QED) is 0.827. The van der Waals surface area contributed by atoms with Crippen LogP contribution in [-0.2, 0) is 13.1 Å². The third-order valence-corrected chi connectivity index (χ3v) is 2.95. The molecule has 1 unspecified atom stereocenters. The van der Waals surface area contributed by atoms with Crippen LogP contribution in [0, 0.1) is 11.3 Å². The molecule has 1 aromatic rings. The van der Waals surface area contributed by atoms with Crippen LogP contribution in [0.15, 0.2) is 12.4 Å². The summed E-state index contributed by atoms with van der Waals surface area (Å²) in [7, 11) is 0. The maximum absolute atomic E-state index is 9.10. The molecule has 1 aromatic heterocycles. The zero-order valence-corrected chi connectivity index (χ0v) is 10.4. The SMILES string of the molecule is CC(C)NC(C#N)CN1CCn2ccnc2C1. The van der Waals surface area contributed by atoms with E-state index in [2.05, 4.69) is 39.7 Å². The molecule has 0 amide bonds. The summed E-state index contributed by atoms with van der Waals surface area (Å²) in [6, 6.07) is 2.56. The minimum absolute atomic E-state index is 0.100. The lowest BCUT2D eigenvalue weighted by Gasteiger charge is -2.29. The first-order valence-electron chi connectivity index (χ1n) is 6.07. The molecule has 0 aromatic carbocycles. The van der Waals surface area contributed by atoms with Gasteiger partial charge in [0.15, 0.2) is 0 Å². The summed E-state index contributed by atoms with van der Waals surface area (Å²) in [6.45, 7) is 7.68. The number of nitriles is 1. The summed E-state index contributed by atoms with van der Waals surface area (Å²) in [5.74, 6) is 1.09. The first kappa shape index (κ1) is 12.1. The van der Waals surface area contributed by atoms with Crippen LogP contribution in [0.3, 0.4) is 0 Å². The summed E-state index contributed by atoms with van der Waals surface area (Å²) < 4.78 is 2.17. The van der Waals surface area contributed by atoms with E-state index in [1.807, 2.05) is 12.4 Å². The van der Waals surface area contributed by atoms with E-state index in [1.165, 1.54) is 0 Å². The highest BCUT2D eigenvalue weighted by molar-refractivity contribution is 4.98. The van der Waals surface area contributed by atoms with E-state index in [0.29, 0.717) is 6.04 Å². The molecule has 2 heterocycles. The monoisotopic (exact) mass is 233 g/mol. The van der Waals surface area contributed by atoms with Crippen molar-refractivity contribution in [2.45, 2.75) is 39.0 Å². The number of fused-ring (bicyclic) bond motifs is 1. The normalized spacial score (nSPS) is 17.8. The zero-order chi connectivity index (χ0) is 12.3. The van der Waals surface area contributed by atoms with Gasteiger partial charge in [0.1, 0.15) is 11.9 Å². The van der Waals surface area contributed by atoms with Gasteiger partial charge < -0.3 is 4.57 Å². The van der Waals surface area contributed by atoms with Crippen LogP contribution in [0.25, 0.3) is 0 Å². The third-order valence-electron chi connectivity index (χ3n) is 2.95. The van der Waals surface area contributed by atoms with Crippen molar-refractivity contribution in [2.75, 3.05) is 13.1 Å². The van der Waals surface area contributed by atoms with Crippen molar-refractivity contribution in [1.29, 1.82) is 5.26 Å². The Kier molecular flexibility index (Phi) is 3.77. The van der Waals surface area contributed by atoms with Gasteiger partial charge in [0, 0.05) is 38.1 Å². The third kappa shape index (κ3) is 3.05. The van der Waals surface area contributed by atoms with E-state index >= 15 is 0 Å². The molecule has 1 aliphatic rings. The number of aromatic nitrogens is 2. The molecule has 2 rings (SSSR count). The molecule has 0 radical (unpaired) electrons. The lowest BCUT2D eigenvalue weighted by Crippen LogP contribution is -2.45. The highest BCUT2D eigenvalue weighted by Crippen LogP contribution is 2.10. The van der Waals surface area contributed by atoms with Crippen LogP contribution in [0.2, 0.25) is 0 Å². The predicted molar refractivity (Wildman–Crippen MR) is 65.2 cm³/mol. The number of nitrogens with zero attached hydrogens (tertiary/aromatic N) is 4. The van der Waals surface area contributed by atoms with Crippen molar-refractivity contribution >= 4 is 0 Å². The van der Waals surface area contributed by atoms with E-state index in [4.69, 9.17) is 5.26 Å². The highest BCUT2D eigenvalue weighted by atomic mass is 15.2. The molecule has 1 N–H and O–H groups in total. The second kappa shape index (κ2) is 5.30. The highest BCUT2D eigenvalue weighted by Gasteiger charge is 2.20. The topological polar surface area (TPSA) is 56.9 Å². The fourth-order valence-electron chi connectivity index (χ4n) is 2.17. The molecule has 0 fully saturated rings. The number of hydrogen-bond acceptors (Lipinski definition) is 4. The minimum Gasteiger partial charge on any atom is -0.333 e. The average Bonchev–Trinajstić information content (AvgIpc) is 2.74. The molecule has 0 saturated carbocycles. The standard InChI is InChI=1S/C12H19N5/c1-10(2)15-11(7-13)8-16-5-6-17-4-3-14-12(17)9-16/h3-4,10-11,15H,5-6,8-9H2,1-2H3. The average molecular weight is 233 g/mol. The van der Waals surface area contributed by atoms with E-state index < -0.39 is 0 Å². The van der Waals surface area contributed by atoms with E-state index in [1.54, 1.807) is 0 Å². The molecule has 0 bridgehead atoms. The molecule has 17 heavy (non-hydrogen) atoms. The zero-order valence-electron chi connectivity index (χ0n) is 10.4. The van der Waals surface area contributed by atoms with Crippen LogP contribution < -0.4 is 5.32 Å². The summed E-state index contributed by atoms with van der Waals surface area (Å²) in [4.78, 5) is 6.60. The van der Waals surface area contributed by atoms with E-state index in [-0.39, 0.29) is 6.04 Å². The van der Waals surface area contributed by atoms with Gasteiger partial charge in [-0.15, -0.1) is 0 Å². The van der Waals surface area contributed by atoms with Gasteiger partial charge in [-0.25, -0.2) is 4.98 Å². The maximum atomic E-state index is 9.10. The van der Waals surface area contributed by atoms with Crippen molar-refractivity contribution in [1.82, 2.24) is 19.8 Å². The Hall–Kier alpha value is -1.38. The molecule has 0 spiro atoms. The van der Waals surface area contributed by atoms with Crippen LogP contribution in [0.5, 0.6) is 0 Å². The first-order chi connectivity index (χ1) is 8.19. The first-order valence-corrected chi connectivity index (χ1v) is 6.07. The molecular formula is C12H19N5. The molecule has 1 atom stereocenters. The van der Waals surface area contributed by atoms with Gasteiger partial charge in [-0.2, -0.15) is 5.26 Å². The molecule has 0 aliphatic carbocycles. The van der Waals surface area contributed by atoms with Crippen LogP contribution in [-0.4, -0.2) is 39.6 Å². The van der Waals surface area contributed by atoms with Gasteiger partial charge >= 0.3 is 0 Å². The van der Waals surface area contributed by atoms with Crippen molar-refractivity contribution in [3.05, 3.63) is 18.2 Å². The summed E-state index contributed by atoms with van der Waals surface area (Å²) in [5.41, 5.74) is 0. The summed E-state index contributed by atoms with van der Waals surface area (Å²) in [5, 5.41) is 12.4. The van der Waals surface area contributed by atoms with Crippen LogP contribution in [0.1, 0.15) is 19.7 Å². The van der Waals surface area contributed by atoms with Crippen molar-refractivity contribution in [2.24, 2.45) is 0 Å². The number of hydrogen-bond donors (Lipinski definition) is 1. The largest absolute Gasteiger partial charge is 0.333 e. The Morgan fingerprint density at radius 3 is 3.06 bits per heavy atom. The molecule has 5 nitrogen and oxygen atoms in total. The van der Waals surface area contributed by atoms with Crippen LogP contribution >= 0.6 is 0 Å². The lowest BCUT2D eigenvalue weighted by molar-refractivity contribution is 0.203. The van der Waals surface area contributed by atoms with Gasteiger partial charge in [0.2, 0.25) is 0 Å². The van der Waals surface area contributed by atoms with Crippen molar-refractivity contribution in [3.63, 3.8) is 0 Å². The van der Waals surface area contributed by atoms with Crippen LogP contribution in [0.4, 0.5) is 0 Å². The Morgan fingerprint density at radius 2 is 2.35 bits per heavy atom. The Morgan fingerprint density at radius 1 is 1.53 bits per heavy atom. The fourth-order valence-corrected chi connectivity index (χ4v) is 2.17. The predicted octanol–water partition coefficient (Wildman–Crippen LogP) is 0.589. The van der Waals surface area contributed by atoms with Gasteiger partial charge in [-0.05, 0) is 13.8 Å². The van der Waals surface area contributed by atoms with Gasteiger partial charge in [0.05, 0.1) is 12.6 Å². The van der Waals surface area contributed by atoms with Crippen molar-refractivity contribution in [3.8, 4) is 6.07 Å². The fraction of sp³-hybridized carbons (Fsp3) is 0.667. The maximum Gasteiger partial charge on any atom is 0.122 e. The van der Waals surface area contributed by atoms with E-state index in [9.17, 15) is 0 Å². The second-order valence-electron chi connectivity index (χ2n) is 4.78. The number of nitrogens with one attached hydrogen (secondary N) is 1. The van der Waals surface area contributed by atoms with Gasteiger partial charge in [-0.1, -0.05) is 0 Å². The van der Waals surface area contributed by atoms with Gasteiger partial charge in [0.25, 0.3) is 0 Å². The van der Waals surface area contributed by atoms with Gasteiger partial charge in [-0.3, -0.25) is 10.2 Å². The number of imidazole rings is 1. The van der Waals surface area contributed by atoms with E-state index in [0.717, 1.165) is 32.0 Å². The summed E-state index contributed by atoms with van der Waals surface area (Å²) >= 11 is 0. The molecule has 0 saturated heterocycles.